The van der Waals surface area contributed by atoms with E-state index < -0.39 is 0 Å². The molecule has 1 spiro atoms. The summed E-state index contributed by atoms with van der Waals surface area (Å²) in [7, 11) is 0. The van der Waals surface area contributed by atoms with Crippen molar-refractivity contribution in [2.24, 2.45) is 16.7 Å². The number of rotatable bonds is 0. The van der Waals surface area contributed by atoms with E-state index in [0.717, 1.165) is 5.92 Å². The van der Waals surface area contributed by atoms with E-state index in [1.54, 1.807) is 0 Å². The van der Waals surface area contributed by atoms with Gasteiger partial charge >= 0.3 is 0 Å². The molecule has 0 unspecified atom stereocenters. The van der Waals surface area contributed by atoms with Crippen molar-refractivity contribution in [3.05, 3.63) is 12.3 Å². The van der Waals surface area contributed by atoms with Crippen LogP contribution in [0, 0.1) is 16.7 Å². The first kappa shape index (κ1) is 10.1. The van der Waals surface area contributed by atoms with E-state index in [-0.39, 0.29) is 0 Å². The van der Waals surface area contributed by atoms with Gasteiger partial charge in [0.2, 0.25) is 0 Å². The van der Waals surface area contributed by atoms with Gasteiger partial charge in [0.05, 0.1) is 0 Å². The lowest BCUT2D eigenvalue weighted by Crippen LogP contribution is -2.34. The van der Waals surface area contributed by atoms with Gasteiger partial charge in [0.15, 0.2) is 0 Å². The van der Waals surface area contributed by atoms with Gasteiger partial charge in [-0.1, -0.05) is 26.8 Å². The van der Waals surface area contributed by atoms with Crippen molar-refractivity contribution in [2.75, 3.05) is 6.54 Å². The average molecular weight is 193 g/mol. The van der Waals surface area contributed by atoms with E-state index in [4.69, 9.17) is 0 Å². The van der Waals surface area contributed by atoms with Gasteiger partial charge in [-0.15, -0.1) is 0 Å². The average Bonchev–Trinajstić information content (AvgIpc) is 2.53. The van der Waals surface area contributed by atoms with Gasteiger partial charge in [0.1, 0.15) is 0 Å². The standard InChI is InChI=1S/C13H23N/c1-12(2,3)11-4-6-13(7-5-11)8-9-14-10-13/h8-9,11,14H,4-7,10H2,1-3H3. The summed E-state index contributed by atoms with van der Waals surface area (Å²) in [6, 6.07) is 0. The fourth-order valence-corrected chi connectivity index (χ4v) is 2.96. The molecule has 1 nitrogen and oxygen atoms in total. The van der Waals surface area contributed by atoms with Crippen molar-refractivity contribution in [3.8, 4) is 0 Å². The summed E-state index contributed by atoms with van der Waals surface area (Å²) in [6.45, 7) is 8.35. The van der Waals surface area contributed by atoms with Crippen molar-refractivity contribution in [1.82, 2.24) is 5.32 Å². The molecule has 80 valence electrons. The summed E-state index contributed by atoms with van der Waals surface area (Å²) in [6.07, 6.45) is 10.2. The van der Waals surface area contributed by atoms with Crippen LogP contribution < -0.4 is 5.32 Å². The zero-order valence-corrected chi connectivity index (χ0v) is 9.77. The number of hydrogen-bond acceptors (Lipinski definition) is 1. The van der Waals surface area contributed by atoms with Crippen molar-refractivity contribution in [1.29, 1.82) is 0 Å². The maximum atomic E-state index is 3.36. The second-order valence-corrected chi connectivity index (χ2v) is 6.22. The highest BCUT2D eigenvalue weighted by molar-refractivity contribution is 5.08. The lowest BCUT2D eigenvalue weighted by Gasteiger charge is -2.41. The van der Waals surface area contributed by atoms with Crippen molar-refractivity contribution in [2.45, 2.75) is 46.5 Å². The first-order chi connectivity index (χ1) is 6.52. The van der Waals surface area contributed by atoms with Crippen LogP contribution in [0.5, 0.6) is 0 Å². The summed E-state index contributed by atoms with van der Waals surface area (Å²) in [4.78, 5) is 0. The van der Waals surface area contributed by atoms with Gasteiger partial charge in [-0.3, -0.25) is 0 Å². The highest BCUT2D eigenvalue weighted by Crippen LogP contribution is 2.46. The molecular formula is C13H23N. The zero-order valence-electron chi connectivity index (χ0n) is 9.77. The Morgan fingerprint density at radius 1 is 1.21 bits per heavy atom. The largest absolute Gasteiger partial charge is 0.390 e. The quantitative estimate of drug-likeness (QED) is 0.622. The molecule has 1 fully saturated rings. The maximum absolute atomic E-state index is 3.36. The minimum Gasteiger partial charge on any atom is -0.390 e. The molecule has 1 saturated carbocycles. The molecule has 0 amide bonds. The Morgan fingerprint density at radius 2 is 1.86 bits per heavy atom. The monoisotopic (exact) mass is 193 g/mol. The maximum Gasteiger partial charge on any atom is 0.0233 e. The summed E-state index contributed by atoms with van der Waals surface area (Å²) in [5.74, 6) is 0.933. The summed E-state index contributed by atoms with van der Waals surface area (Å²) >= 11 is 0. The minimum absolute atomic E-state index is 0.511. The topological polar surface area (TPSA) is 12.0 Å². The lowest BCUT2D eigenvalue weighted by molar-refractivity contribution is 0.122. The summed E-state index contributed by atoms with van der Waals surface area (Å²) in [5.41, 5.74) is 1.04. The summed E-state index contributed by atoms with van der Waals surface area (Å²) in [5, 5.41) is 3.36. The Labute approximate surface area is 88.0 Å². The van der Waals surface area contributed by atoms with Crippen molar-refractivity contribution < 1.29 is 0 Å². The molecule has 14 heavy (non-hydrogen) atoms. The number of nitrogens with one attached hydrogen (secondary N) is 1. The first-order valence-corrected chi connectivity index (χ1v) is 5.93. The molecule has 0 aromatic carbocycles. The van der Waals surface area contributed by atoms with Gasteiger partial charge in [0, 0.05) is 12.0 Å². The molecule has 1 heterocycles. The molecule has 0 atom stereocenters. The summed E-state index contributed by atoms with van der Waals surface area (Å²) < 4.78 is 0. The highest BCUT2D eigenvalue weighted by Gasteiger charge is 2.38. The van der Waals surface area contributed by atoms with Crippen LogP contribution in [-0.4, -0.2) is 6.54 Å². The van der Waals surface area contributed by atoms with Crippen LogP contribution in [-0.2, 0) is 0 Å². The third kappa shape index (κ3) is 1.82. The van der Waals surface area contributed by atoms with Crippen LogP contribution in [0.3, 0.4) is 0 Å². The Balaban J connectivity index is 1.95. The number of hydrogen-bond donors (Lipinski definition) is 1. The fourth-order valence-electron chi connectivity index (χ4n) is 2.96. The second-order valence-electron chi connectivity index (χ2n) is 6.22. The van der Waals surface area contributed by atoms with Gasteiger partial charge in [-0.05, 0) is 43.2 Å². The molecule has 1 aliphatic heterocycles. The first-order valence-electron chi connectivity index (χ1n) is 5.93. The lowest BCUT2D eigenvalue weighted by atomic mass is 9.64. The molecule has 0 bridgehead atoms. The molecule has 0 aromatic rings. The molecule has 2 aliphatic rings. The second kappa shape index (κ2) is 3.29. The van der Waals surface area contributed by atoms with E-state index in [0.29, 0.717) is 10.8 Å². The normalized spacial score (nSPS) is 37.5. The minimum atomic E-state index is 0.511. The van der Waals surface area contributed by atoms with E-state index in [2.05, 4.69) is 38.4 Å². The Bertz CT molecular complexity index is 226. The molecule has 0 radical (unpaired) electrons. The van der Waals surface area contributed by atoms with E-state index in [1.165, 1.54) is 32.2 Å². The molecule has 1 aliphatic carbocycles. The third-order valence-corrected chi connectivity index (χ3v) is 4.21. The van der Waals surface area contributed by atoms with Crippen LogP contribution in [0.2, 0.25) is 0 Å². The molecular weight excluding hydrogens is 170 g/mol. The molecule has 1 heteroatoms. The highest BCUT2D eigenvalue weighted by atomic mass is 14.9. The Morgan fingerprint density at radius 3 is 2.29 bits per heavy atom. The Kier molecular flexibility index (Phi) is 2.36. The van der Waals surface area contributed by atoms with Crippen molar-refractivity contribution >= 4 is 0 Å². The SMILES string of the molecule is CC(C)(C)C1CCC2(C=CNC2)CC1. The smallest absolute Gasteiger partial charge is 0.0233 e. The predicted octanol–water partition coefficient (Wildman–Crippen LogP) is 3.33. The van der Waals surface area contributed by atoms with Gasteiger partial charge in [-0.2, -0.15) is 0 Å². The molecule has 0 aromatic heterocycles. The zero-order chi connectivity index (χ0) is 10.2. The van der Waals surface area contributed by atoms with Gasteiger partial charge in [-0.25, -0.2) is 0 Å². The van der Waals surface area contributed by atoms with Crippen LogP contribution >= 0.6 is 0 Å². The fraction of sp³-hybridized carbons (Fsp3) is 0.846. The van der Waals surface area contributed by atoms with Crippen LogP contribution in [0.15, 0.2) is 12.3 Å². The Hall–Kier alpha value is -0.460. The van der Waals surface area contributed by atoms with E-state index >= 15 is 0 Å². The van der Waals surface area contributed by atoms with Crippen LogP contribution in [0.4, 0.5) is 0 Å². The van der Waals surface area contributed by atoms with Gasteiger partial charge in [0.25, 0.3) is 0 Å². The predicted molar refractivity (Wildman–Crippen MR) is 61.0 cm³/mol. The van der Waals surface area contributed by atoms with Crippen LogP contribution in [0.1, 0.15) is 46.5 Å². The van der Waals surface area contributed by atoms with Crippen LogP contribution in [0.25, 0.3) is 0 Å². The van der Waals surface area contributed by atoms with Gasteiger partial charge < -0.3 is 5.32 Å². The van der Waals surface area contributed by atoms with E-state index in [1.807, 2.05) is 0 Å². The molecule has 1 N–H and O–H groups in total. The molecule has 2 rings (SSSR count). The third-order valence-electron chi connectivity index (χ3n) is 4.21. The molecule has 0 saturated heterocycles. The van der Waals surface area contributed by atoms with E-state index in [9.17, 15) is 0 Å². The van der Waals surface area contributed by atoms with Crippen molar-refractivity contribution in [3.63, 3.8) is 0 Å².